The lowest BCUT2D eigenvalue weighted by atomic mass is 9.99. The maximum absolute atomic E-state index is 12.0. The van der Waals surface area contributed by atoms with Gasteiger partial charge in [-0.25, -0.2) is 4.98 Å². The third-order valence-corrected chi connectivity index (χ3v) is 4.26. The molecule has 1 aromatic carbocycles. The van der Waals surface area contributed by atoms with Crippen molar-refractivity contribution in [1.29, 1.82) is 0 Å². The summed E-state index contributed by atoms with van der Waals surface area (Å²) in [7, 11) is 0. The Morgan fingerprint density at radius 3 is 2.90 bits per heavy atom. The average molecular weight is 292 g/mol. The van der Waals surface area contributed by atoms with Gasteiger partial charge in [0.2, 0.25) is 0 Å². The second kappa shape index (κ2) is 4.86. The topological polar surface area (TPSA) is 57.8 Å². The molecule has 0 bridgehead atoms. The number of hydrogen-bond acceptors (Lipinski definition) is 3. The molecule has 3 rings (SSSR count). The van der Waals surface area contributed by atoms with E-state index >= 15 is 0 Å². The van der Waals surface area contributed by atoms with E-state index in [2.05, 4.69) is 29.1 Å². The number of aromatic nitrogens is 2. The lowest BCUT2D eigenvalue weighted by Gasteiger charge is -2.25. The summed E-state index contributed by atoms with van der Waals surface area (Å²) in [5.41, 5.74) is 0.608. The summed E-state index contributed by atoms with van der Waals surface area (Å²) in [5, 5.41) is 4.64. The zero-order chi connectivity index (χ0) is 14.3. The van der Waals surface area contributed by atoms with Crippen LogP contribution >= 0.6 is 11.6 Å². The summed E-state index contributed by atoms with van der Waals surface area (Å²) in [6.07, 6.45) is 2.55. The molecule has 0 radical (unpaired) electrons. The van der Waals surface area contributed by atoms with Crippen molar-refractivity contribution in [1.82, 2.24) is 15.3 Å². The second-order valence-electron chi connectivity index (χ2n) is 6.02. The highest BCUT2D eigenvalue weighted by Crippen LogP contribution is 2.39. The quantitative estimate of drug-likeness (QED) is 0.911. The normalized spacial score (nSPS) is 15.8. The number of rotatable bonds is 4. The van der Waals surface area contributed by atoms with Gasteiger partial charge in [0.05, 0.1) is 17.4 Å². The molecule has 1 aliphatic rings. The van der Waals surface area contributed by atoms with E-state index in [1.807, 2.05) is 0 Å². The number of halogens is 1. The highest BCUT2D eigenvalue weighted by atomic mass is 35.5. The van der Waals surface area contributed by atoms with E-state index in [0.29, 0.717) is 28.3 Å². The molecule has 0 saturated heterocycles. The molecule has 2 aromatic rings. The first-order valence-corrected chi connectivity index (χ1v) is 7.27. The molecule has 0 aliphatic heterocycles. The van der Waals surface area contributed by atoms with Crippen LogP contribution in [0.3, 0.4) is 0 Å². The molecule has 1 aliphatic carbocycles. The Morgan fingerprint density at radius 1 is 1.45 bits per heavy atom. The lowest BCUT2D eigenvalue weighted by molar-refractivity contribution is 0.335. The van der Waals surface area contributed by atoms with Crippen molar-refractivity contribution in [2.75, 3.05) is 0 Å². The molecule has 1 fully saturated rings. The summed E-state index contributed by atoms with van der Waals surface area (Å²) < 4.78 is 0. The van der Waals surface area contributed by atoms with Crippen molar-refractivity contribution in [3.05, 3.63) is 39.4 Å². The second-order valence-corrected chi connectivity index (χ2v) is 6.46. The predicted octanol–water partition coefficient (Wildman–Crippen LogP) is 2.85. The predicted molar refractivity (Wildman–Crippen MR) is 81.0 cm³/mol. The van der Waals surface area contributed by atoms with E-state index < -0.39 is 0 Å². The number of benzene rings is 1. The first-order valence-electron chi connectivity index (χ1n) is 6.89. The third-order valence-electron chi connectivity index (χ3n) is 4.03. The molecule has 1 saturated carbocycles. The number of nitrogens with one attached hydrogen (secondary N) is 2. The Labute approximate surface area is 122 Å². The molecule has 2 N–H and O–H groups in total. The molecule has 1 aromatic heterocycles. The Balaban J connectivity index is 1.86. The highest BCUT2D eigenvalue weighted by molar-refractivity contribution is 6.31. The van der Waals surface area contributed by atoms with Crippen LogP contribution in [-0.4, -0.2) is 15.5 Å². The number of fused-ring (bicyclic) bond motifs is 1. The molecular formula is C15H18ClN3O. The van der Waals surface area contributed by atoms with Crippen molar-refractivity contribution < 1.29 is 0 Å². The van der Waals surface area contributed by atoms with E-state index in [9.17, 15) is 4.79 Å². The van der Waals surface area contributed by atoms with Crippen molar-refractivity contribution in [3.63, 3.8) is 0 Å². The SMILES string of the molecule is CC(C)(NCc1nc2cc(Cl)ccc2c(=O)[nH]1)C1CC1. The van der Waals surface area contributed by atoms with Gasteiger partial charge in [0.1, 0.15) is 5.82 Å². The number of nitrogens with zero attached hydrogens (tertiary/aromatic N) is 1. The maximum Gasteiger partial charge on any atom is 0.258 e. The summed E-state index contributed by atoms with van der Waals surface area (Å²) >= 11 is 5.95. The smallest absolute Gasteiger partial charge is 0.258 e. The molecule has 20 heavy (non-hydrogen) atoms. The summed E-state index contributed by atoms with van der Waals surface area (Å²) in [6.45, 7) is 4.95. The minimum absolute atomic E-state index is 0.0852. The highest BCUT2D eigenvalue weighted by Gasteiger charge is 2.37. The van der Waals surface area contributed by atoms with Crippen LogP contribution in [0.4, 0.5) is 0 Å². The number of aromatic amines is 1. The van der Waals surface area contributed by atoms with Crippen molar-refractivity contribution in [3.8, 4) is 0 Å². The fourth-order valence-corrected chi connectivity index (χ4v) is 2.67. The van der Waals surface area contributed by atoms with Gasteiger partial charge < -0.3 is 10.3 Å². The largest absolute Gasteiger partial charge is 0.309 e. The Hall–Kier alpha value is -1.39. The molecular weight excluding hydrogens is 274 g/mol. The van der Waals surface area contributed by atoms with E-state index in [4.69, 9.17) is 11.6 Å². The zero-order valence-corrected chi connectivity index (χ0v) is 12.4. The first-order chi connectivity index (χ1) is 9.45. The van der Waals surface area contributed by atoms with Crippen molar-refractivity contribution in [2.45, 2.75) is 38.8 Å². The zero-order valence-electron chi connectivity index (χ0n) is 11.7. The van der Waals surface area contributed by atoms with Crippen LogP contribution < -0.4 is 10.9 Å². The van der Waals surface area contributed by atoms with Gasteiger partial charge in [-0.15, -0.1) is 0 Å². The van der Waals surface area contributed by atoms with Gasteiger partial charge in [0.15, 0.2) is 0 Å². The summed E-state index contributed by atoms with van der Waals surface area (Å²) in [5.74, 6) is 1.38. The van der Waals surface area contributed by atoms with Crippen LogP contribution in [0.5, 0.6) is 0 Å². The standard InChI is InChI=1S/C15H18ClN3O/c1-15(2,9-3-4-9)17-8-13-18-12-7-10(16)5-6-11(12)14(20)19-13/h5-7,9,17H,3-4,8H2,1-2H3,(H,18,19,20). The van der Waals surface area contributed by atoms with Gasteiger partial charge in [-0.2, -0.15) is 0 Å². The van der Waals surface area contributed by atoms with E-state index in [0.717, 1.165) is 5.92 Å². The number of H-pyrrole nitrogens is 1. The average Bonchev–Trinajstić information content (AvgIpc) is 3.20. The van der Waals surface area contributed by atoms with E-state index in [-0.39, 0.29) is 11.1 Å². The monoisotopic (exact) mass is 291 g/mol. The molecule has 106 valence electrons. The van der Waals surface area contributed by atoms with Gasteiger partial charge in [0.25, 0.3) is 5.56 Å². The fourth-order valence-electron chi connectivity index (χ4n) is 2.51. The van der Waals surface area contributed by atoms with Gasteiger partial charge in [-0.3, -0.25) is 4.79 Å². The molecule has 1 heterocycles. The Morgan fingerprint density at radius 2 is 2.20 bits per heavy atom. The minimum atomic E-state index is -0.118. The Kier molecular flexibility index (Phi) is 3.30. The third kappa shape index (κ3) is 2.72. The minimum Gasteiger partial charge on any atom is -0.309 e. The van der Waals surface area contributed by atoms with Crippen LogP contribution in [0, 0.1) is 5.92 Å². The molecule has 0 unspecified atom stereocenters. The molecule has 0 atom stereocenters. The van der Waals surface area contributed by atoms with Gasteiger partial charge in [-0.05, 0) is 50.8 Å². The van der Waals surface area contributed by atoms with Crippen LogP contribution in [-0.2, 0) is 6.54 Å². The lowest BCUT2D eigenvalue weighted by Crippen LogP contribution is -2.41. The van der Waals surface area contributed by atoms with E-state index in [1.165, 1.54) is 12.8 Å². The molecule has 5 heteroatoms. The first kappa shape index (κ1) is 13.6. The fraction of sp³-hybridized carbons (Fsp3) is 0.467. The maximum atomic E-state index is 12.0. The van der Waals surface area contributed by atoms with E-state index in [1.54, 1.807) is 18.2 Å². The van der Waals surface area contributed by atoms with Crippen molar-refractivity contribution in [2.24, 2.45) is 5.92 Å². The molecule has 0 spiro atoms. The summed E-state index contributed by atoms with van der Waals surface area (Å²) in [6, 6.07) is 5.13. The van der Waals surface area contributed by atoms with Crippen LogP contribution in [0.15, 0.2) is 23.0 Å². The summed E-state index contributed by atoms with van der Waals surface area (Å²) in [4.78, 5) is 19.3. The van der Waals surface area contributed by atoms with Crippen LogP contribution in [0.25, 0.3) is 10.9 Å². The van der Waals surface area contributed by atoms with Gasteiger partial charge in [0, 0.05) is 10.6 Å². The van der Waals surface area contributed by atoms with Crippen LogP contribution in [0.1, 0.15) is 32.5 Å². The van der Waals surface area contributed by atoms with Gasteiger partial charge in [-0.1, -0.05) is 11.6 Å². The van der Waals surface area contributed by atoms with Gasteiger partial charge >= 0.3 is 0 Å². The number of hydrogen-bond donors (Lipinski definition) is 2. The molecule has 0 amide bonds. The Bertz CT molecular complexity index is 704. The molecule has 4 nitrogen and oxygen atoms in total. The van der Waals surface area contributed by atoms with Crippen LogP contribution in [0.2, 0.25) is 5.02 Å². The van der Waals surface area contributed by atoms with Crippen molar-refractivity contribution >= 4 is 22.5 Å².